The van der Waals surface area contributed by atoms with Crippen molar-refractivity contribution in [3.8, 4) is 0 Å². The molecular weight excluding hydrogens is 375 g/mol. The summed E-state index contributed by atoms with van der Waals surface area (Å²) in [6.07, 6.45) is 1.80. The standard InChI is InChI=1S/C22H27FN2O4/c1-24(2)10-11-25-19(13-4-6-14(23)7-5-13)18-20(26)16-9-8-15(28-3)12-17(16)29-21(18)22(25)27/h4-7,15-17,19H,8-12H2,1-3H3. The van der Waals surface area contributed by atoms with Crippen LogP contribution < -0.4 is 0 Å². The maximum absolute atomic E-state index is 13.5. The molecule has 0 radical (unpaired) electrons. The summed E-state index contributed by atoms with van der Waals surface area (Å²) in [7, 11) is 5.53. The molecule has 2 aliphatic heterocycles. The number of fused-ring (bicyclic) bond motifs is 1. The van der Waals surface area contributed by atoms with Crippen molar-refractivity contribution >= 4 is 11.7 Å². The van der Waals surface area contributed by atoms with Crippen LogP contribution in [0.5, 0.6) is 0 Å². The summed E-state index contributed by atoms with van der Waals surface area (Å²) in [6.45, 7) is 1.10. The van der Waals surface area contributed by atoms with Crippen LogP contribution in [0.15, 0.2) is 35.6 Å². The number of hydrogen-bond acceptors (Lipinski definition) is 5. The molecule has 1 amide bonds. The van der Waals surface area contributed by atoms with Gasteiger partial charge in [0.1, 0.15) is 11.9 Å². The zero-order valence-corrected chi connectivity index (χ0v) is 17.1. The fourth-order valence-corrected chi connectivity index (χ4v) is 4.62. The Hall–Kier alpha value is -2.25. The summed E-state index contributed by atoms with van der Waals surface area (Å²) in [4.78, 5) is 30.4. The van der Waals surface area contributed by atoms with E-state index in [0.717, 1.165) is 12.0 Å². The molecule has 0 aromatic heterocycles. The van der Waals surface area contributed by atoms with Crippen LogP contribution in [0, 0.1) is 11.7 Å². The third kappa shape index (κ3) is 3.57. The van der Waals surface area contributed by atoms with E-state index in [1.54, 1.807) is 24.1 Å². The lowest BCUT2D eigenvalue weighted by Gasteiger charge is -2.38. The fraction of sp³-hybridized carbons (Fsp3) is 0.545. The zero-order chi connectivity index (χ0) is 20.7. The topological polar surface area (TPSA) is 59.1 Å². The first-order valence-corrected chi connectivity index (χ1v) is 10.1. The minimum Gasteiger partial charge on any atom is -0.483 e. The van der Waals surface area contributed by atoms with Crippen LogP contribution in [0.4, 0.5) is 4.39 Å². The highest BCUT2D eigenvalue weighted by Gasteiger charge is 2.52. The Morgan fingerprint density at radius 3 is 2.59 bits per heavy atom. The molecule has 6 nitrogen and oxygen atoms in total. The molecule has 0 spiro atoms. The minimum atomic E-state index is -0.536. The molecule has 0 saturated heterocycles. The fourth-order valence-electron chi connectivity index (χ4n) is 4.62. The Morgan fingerprint density at radius 2 is 1.93 bits per heavy atom. The Morgan fingerprint density at radius 1 is 1.21 bits per heavy atom. The van der Waals surface area contributed by atoms with Gasteiger partial charge in [0.2, 0.25) is 0 Å². The number of likely N-dealkylation sites (N-methyl/N-ethyl adjacent to an activating group) is 1. The lowest BCUT2D eigenvalue weighted by atomic mass is 9.76. The van der Waals surface area contributed by atoms with Crippen LogP contribution >= 0.6 is 0 Å². The summed E-state index contributed by atoms with van der Waals surface area (Å²) >= 11 is 0. The van der Waals surface area contributed by atoms with E-state index in [1.807, 2.05) is 19.0 Å². The number of halogens is 1. The highest BCUT2D eigenvalue weighted by molar-refractivity contribution is 6.11. The van der Waals surface area contributed by atoms with E-state index >= 15 is 0 Å². The summed E-state index contributed by atoms with van der Waals surface area (Å²) in [5.41, 5.74) is 1.15. The molecular formula is C22H27FN2O4. The second-order valence-corrected chi connectivity index (χ2v) is 8.30. The highest BCUT2D eigenvalue weighted by atomic mass is 19.1. The normalized spacial score (nSPS) is 29.2. The van der Waals surface area contributed by atoms with Crippen molar-refractivity contribution < 1.29 is 23.5 Å². The lowest BCUT2D eigenvalue weighted by Crippen LogP contribution is -2.43. The maximum Gasteiger partial charge on any atom is 0.290 e. The molecule has 29 heavy (non-hydrogen) atoms. The second-order valence-electron chi connectivity index (χ2n) is 8.30. The molecule has 1 aromatic carbocycles. The molecule has 3 aliphatic rings. The number of nitrogens with zero attached hydrogens (tertiary/aromatic N) is 2. The Labute approximate surface area is 170 Å². The van der Waals surface area contributed by atoms with Gasteiger partial charge < -0.3 is 19.3 Å². The monoisotopic (exact) mass is 402 g/mol. The largest absolute Gasteiger partial charge is 0.483 e. The van der Waals surface area contributed by atoms with Crippen molar-refractivity contribution in [2.24, 2.45) is 5.92 Å². The molecule has 1 saturated carbocycles. The van der Waals surface area contributed by atoms with E-state index in [1.165, 1.54) is 12.1 Å². The van der Waals surface area contributed by atoms with Gasteiger partial charge in [0.15, 0.2) is 11.5 Å². The van der Waals surface area contributed by atoms with E-state index in [2.05, 4.69) is 0 Å². The van der Waals surface area contributed by atoms with Gasteiger partial charge in [-0.3, -0.25) is 9.59 Å². The SMILES string of the molecule is COC1CCC2C(=O)C3=C(OC2C1)C(=O)N(CCN(C)C)C3c1ccc(F)cc1. The Kier molecular flexibility index (Phi) is 5.44. The van der Waals surface area contributed by atoms with Gasteiger partial charge in [-0.1, -0.05) is 12.1 Å². The highest BCUT2D eigenvalue weighted by Crippen LogP contribution is 2.46. The van der Waals surface area contributed by atoms with Crippen molar-refractivity contribution in [1.29, 1.82) is 0 Å². The van der Waals surface area contributed by atoms with Crippen LogP contribution in [0.1, 0.15) is 30.9 Å². The predicted octanol–water partition coefficient (Wildman–Crippen LogP) is 2.31. The number of carbonyl (C=O) groups is 2. The number of Topliss-reactive ketones (excluding diaryl/α,β-unsaturated/α-hetero) is 1. The number of ether oxygens (including phenoxy) is 2. The number of ketones is 1. The van der Waals surface area contributed by atoms with E-state index in [9.17, 15) is 14.0 Å². The van der Waals surface area contributed by atoms with Crippen LogP contribution in [-0.4, -0.2) is 68.0 Å². The maximum atomic E-state index is 13.5. The van der Waals surface area contributed by atoms with Crippen molar-refractivity contribution in [3.63, 3.8) is 0 Å². The minimum absolute atomic E-state index is 0.0131. The molecule has 1 fully saturated rings. The molecule has 0 bridgehead atoms. The molecule has 156 valence electrons. The van der Waals surface area contributed by atoms with Gasteiger partial charge in [-0.2, -0.15) is 0 Å². The number of benzene rings is 1. The van der Waals surface area contributed by atoms with Gasteiger partial charge in [-0.15, -0.1) is 0 Å². The molecule has 4 unspecified atom stereocenters. The van der Waals surface area contributed by atoms with Crippen LogP contribution in [-0.2, 0) is 19.1 Å². The molecule has 1 aromatic rings. The van der Waals surface area contributed by atoms with Gasteiger partial charge in [-0.25, -0.2) is 4.39 Å². The van der Waals surface area contributed by atoms with Crippen molar-refractivity contribution in [2.75, 3.05) is 34.3 Å². The number of rotatable bonds is 5. The van der Waals surface area contributed by atoms with Crippen molar-refractivity contribution in [1.82, 2.24) is 9.80 Å². The lowest BCUT2D eigenvalue weighted by molar-refractivity contribution is -0.138. The first-order chi connectivity index (χ1) is 13.9. The zero-order valence-electron chi connectivity index (χ0n) is 17.1. The molecule has 7 heteroatoms. The van der Waals surface area contributed by atoms with Crippen LogP contribution in [0.25, 0.3) is 0 Å². The first-order valence-electron chi connectivity index (χ1n) is 10.1. The number of methoxy groups -OCH3 is 1. The van der Waals surface area contributed by atoms with E-state index < -0.39 is 6.04 Å². The van der Waals surface area contributed by atoms with E-state index in [0.29, 0.717) is 31.5 Å². The summed E-state index contributed by atoms with van der Waals surface area (Å²) in [6, 6.07) is 5.48. The average Bonchev–Trinajstić information content (AvgIpc) is 2.99. The van der Waals surface area contributed by atoms with Crippen LogP contribution in [0.3, 0.4) is 0 Å². The second kappa shape index (κ2) is 7.88. The number of hydrogen-bond donors (Lipinski definition) is 0. The van der Waals surface area contributed by atoms with Gasteiger partial charge in [0, 0.05) is 26.6 Å². The quantitative estimate of drug-likeness (QED) is 0.757. The molecule has 2 heterocycles. The molecule has 4 rings (SSSR count). The summed E-state index contributed by atoms with van der Waals surface area (Å²) in [5.74, 6) is -0.717. The first kappa shape index (κ1) is 20.0. The van der Waals surface area contributed by atoms with Gasteiger partial charge in [0.05, 0.1) is 23.6 Å². The number of carbonyl (C=O) groups excluding carboxylic acids is 2. The summed E-state index contributed by atoms with van der Waals surface area (Å²) < 4.78 is 25.1. The smallest absolute Gasteiger partial charge is 0.290 e. The van der Waals surface area contributed by atoms with Gasteiger partial charge in [0.25, 0.3) is 5.91 Å². The molecule has 4 atom stereocenters. The molecule has 0 N–H and O–H groups in total. The van der Waals surface area contributed by atoms with E-state index in [-0.39, 0.29) is 41.4 Å². The van der Waals surface area contributed by atoms with Crippen LogP contribution in [0.2, 0.25) is 0 Å². The van der Waals surface area contributed by atoms with E-state index in [4.69, 9.17) is 9.47 Å². The Balaban J connectivity index is 1.72. The average molecular weight is 402 g/mol. The van der Waals surface area contributed by atoms with Gasteiger partial charge in [-0.05, 0) is 44.6 Å². The van der Waals surface area contributed by atoms with Gasteiger partial charge >= 0.3 is 0 Å². The Bertz CT molecular complexity index is 836. The predicted molar refractivity (Wildman–Crippen MR) is 104 cm³/mol. The summed E-state index contributed by atoms with van der Waals surface area (Å²) in [5, 5.41) is 0. The third-order valence-corrected chi connectivity index (χ3v) is 6.21. The third-order valence-electron chi connectivity index (χ3n) is 6.21. The van der Waals surface area contributed by atoms with Crippen molar-refractivity contribution in [2.45, 2.75) is 37.5 Å². The molecule has 1 aliphatic carbocycles. The number of amides is 1. The van der Waals surface area contributed by atoms with Crippen molar-refractivity contribution in [3.05, 3.63) is 47.0 Å².